The second-order valence-corrected chi connectivity index (χ2v) is 8.55. The zero-order chi connectivity index (χ0) is 22.8. The molecule has 0 spiro atoms. The molecule has 2 aliphatic rings. The molecule has 166 valence electrons. The van der Waals surface area contributed by atoms with Crippen LogP contribution >= 0.6 is 0 Å². The van der Waals surface area contributed by atoms with Gasteiger partial charge in [0, 0.05) is 49.8 Å². The SMILES string of the molecule is CCCN(CCC)C(=O)C1=Cc2ccc(-c3ccc4c(c3)CN(C)C4=O)cc2N=C(N)C1. The Morgan fingerprint density at radius 3 is 2.50 bits per heavy atom. The average molecular weight is 431 g/mol. The summed E-state index contributed by atoms with van der Waals surface area (Å²) in [5.41, 5.74) is 12.4. The lowest BCUT2D eigenvalue weighted by Gasteiger charge is -2.22. The van der Waals surface area contributed by atoms with Crippen LogP contribution in [-0.2, 0) is 11.3 Å². The van der Waals surface area contributed by atoms with Gasteiger partial charge in [-0.2, -0.15) is 0 Å². The van der Waals surface area contributed by atoms with E-state index in [-0.39, 0.29) is 11.8 Å². The van der Waals surface area contributed by atoms with E-state index in [2.05, 4.69) is 24.9 Å². The van der Waals surface area contributed by atoms with Crippen LogP contribution in [-0.4, -0.2) is 47.6 Å². The fourth-order valence-corrected chi connectivity index (χ4v) is 4.41. The maximum Gasteiger partial charge on any atom is 0.254 e. The third-order valence-electron chi connectivity index (χ3n) is 5.97. The third-order valence-corrected chi connectivity index (χ3v) is 5.97. The average Bonchev–Trinajstić information content (AvgIpc) is 2.95. The number of rotatable bonds is 6. The predicted octanol–water partition coefficient (Wildman–Crippen LogP) is 4.36. The number of nitrogens with two attached hydrogens (primary N) is 1. The highest BCUT2D eigenvalue weighted by Gasteiger charge is 2.25. The topological polar surface area (TPSA) is 79.0 Å². The van der Waals surface area contributed by atoms with Crippen molar-refractivity contribution in [3.05, 3.63) is 58.7 Å². The second-order valence-electron chi connectivity index (χ2n) is 8.55. The quantitative estimate of drug-likeness (QED) is 0.739. The van der Waals surface area contributed by atoms with Crippen LogP contribution in [0.1, 0.15) is 54.6 Å². The number of fused-ring (bicyclic) bond motifs is 2. The molecule has 0 saturated heterocycles. The molecule has 2 N–H and O–H groups in total. The van der Waals surface area contributed by atoms with Crippen molar-refractivity contribution in [2.45, 2.75) is 39.7 Å². The van der Waals surface area contributed by atoms with Gasteiger partial charge in [0.25, 0.3) is 5.91 Å². The molecule has 6 heteroatoms. The molecule has 32 heavy (non-hydrogen) atoms. The molecule has 0 saturated carbocycles. The molecule has 2 aromatic carbocycles. The number of aliphatic imine (C=N–C) groups is 1. The first-order valence-corrected chi connectivity index (χ1v) is 11.3. The Morgan fingerprint density at radius 2 is 1.78 bits per heavy atom. The summed E-state index contributed by atoms with van der Waals surface area (Å²) in [6, 6.07) is 12.0. The summed E-state index contributed by atoms with van der Waals surface area (Å²) in [6.45, 7) is 6.26. The van der Waals surface area contributed by atoms with E-state index in [1.807, 2.05) is 48.4 Å². The van der Waals surface area contributed by atoms with Gasteiger partial charge in [-0.15, -0.1) is 0 Å². The molecule has 0 atom stereocenters. The van der Waals surface area contributed by atoms with E-state index in [9.17, 15) is 9.59 Å². The van der Waals surface area contributed by atoms with Gasteiger partial charge in [0.15, 0.2) is 0 Å². The second kappa shape index (κ2) is 8.99. The zero-order valence-corrected chi connectivity index (χ0v) is 19.0. The predicted molar refractivity (Wildman–Crippen MR) is 129 cm³/mol. The van der Waals surface area contributed by atoms with E-state index >= 15 is 0 Å². The van der Waals surface area contributed by atoms with Crippen LogP contribution in [0.2, 0.25) is 0 Å². The smallest absolute Gasteiger partial charge is 0.254 e. The van der Waals surface area contributed by atoms with Gasteiger partial charge in [-0.05, 0) is 53.8 Å². The zero-order valence-electron chi connectivity index (χ0n) is 19.0. The van der Waals surface area contributed by atoms with Crippen molar-refractivity contribution in [3.63, 3.8) is 0 Å². The van der Waals surface area contributed by atoms with Crippen molar-refractivity contribution in [3.8, 4) is 11.1 Å². The van der Waals surface area contributed by atoms with E-state index in [1.54, 1.807) is 4.90 Å². The van der Waals surface area contributed by atoms with Crippen LogP contribution in [0.25, 0.3) is 17.2 Å². The van der Waals surface area contributed by atoms with Gasteiger partial charge in [0.1, 0.15) is 5.84 Å². The van der Waals surface area contributed by atoms with Crippen molar-refractivity contribution < 1.29 is 9.59 Å². The first-order chi connectivity index (χ1) is 15.4. The standard InChI is InChI=1S/C26H30N4O2/c1-4-10-30(11-5-2)25(31)20-13-19-7-6-18(14-23(19)28-24(27)15-20)17-8-9-22-21(12-17)16-29(3)26(22)32/h6-9,12-14H,4-5,10-11,15-16H2,1-3H3,(H2,27,28). The Hall–Kier alpha value is -3.41. The van der Waals surface area contributed by atoms with Crippen LogP contribution in [0, 0.1) is 0 Å². The molecule has 2 heterocycles. The summed E-state index contributed by atoms with van der Waals surface area (Å²) in [4.78, 5) is 33.6. The molecule has 4 rings (SSSR count). The van der Waals surface area contributed by atoms with E-state index in [0.29, 0.717) is 24.4 Å². The highest BCUT2D eigenvalue weighted by Crippen LogP contribution is 2.34. The highest BCUT2D eigenvalue weighted by atomic mass is 16.2. The lowest BCUT2D eigenvalue weighted by molar-refractivity contribution is -0.127. The number of benzene rings is 2. The number of carbonyl (C=O) groups excluding carboxylic acids is 2. The molecule has 0 aromatic heterocycles. The fraction of sp³-hybridized carbons (Fsp3) is 0.346. The first kappa shape index (κ1) is 21.8. The molecule has 0 aliphatic carbocycles. The fourth-order valence-electron chi connectivity index (χ4n) is 4.41. The van der Waals surface area contributed by atoms with E-state index in [1.165, 1.54) is 0 Å². The van der Waals surface area contributed by atoms with Gasteiger partial charge in [-0.3, -0.25) is 9.59 Å². The van der Waals surface area contributed by atoms with Crippen LogP contribution in [0.4, 0.5) is 5.69 Å². The van der Waals surface area contributed by atoms with Gasteiger partial charge in [-0.1, -0.05) is 32.0 Å². The van der Waals surface area contributed by atoms with Crippen molar-refractivity contribution in [2.24, 2.45) is 10.7 Å². The third kappa shape index (κ3) is 4.17. The molecule has 6 nitrogen and oxygen atoms in total. The summed E-state index contributed by atoms with van der Waals surface area (Å²) < 4.78 is 0. The maximum absolute atomic E-state index is 13.2. The van der Waals surface area contributed by atoms with Gasteiger partial charge in [0.2, 0.25) is 5.91 Å². The van der Waals surface area contributed by atoms with Crippen molar-refractivity contribution in [1.82, 2.24) is 9.80 Å². The Balaban J connectivity index is 1.67. The minimum atomic E-state index is 0.0381. The highest BCUT2D eigenvalue weighted by molar-refractivity contribution is 6.05. The molecule has 0 fully saturated rings. The summed E-state index contributed by atoms with van der Waals surface area (Å²) >= 11 is 0. The van der Waals surface area contributed by atoms with E-state index in [0.717, 1.165) is 59.4 Å². The number of nitrogens with zero attached hydrogens (tertiary/aromatic N) is 3. The number of amides is 2. The largest absolute Gasteiger partial charge is 0.387 e. The molecule has 0 unspecified atom stereocenters. The summed E-state index contributed by atoms with van der Waals surface area (Å²) in [6.07, 6.45) is 4.12. The van der Waals surface area contributed by atoms with Crippen LogP contribution in [0.3, 0.4) is 0 Å². The van der Waals surface area contributed by atoms with Gasteiger partial charge < -0.3 is 15.5 Å². The number of hydrogen-bond donors (Lipinski definition) is 1. The summed E-state index contributed by atoms with van der Waals surface area (Å²) in [7, 11) is 1.81. The minimum Gasteiger partial charge on any atom is -0.387 e. The number of amidine groups is 1. The molecule has 2 aromatic rings. The molecule has 0 radical (unpaired) electrons. The molecule has 0 bridgehead atoms. The van der Waals surface area contributed by atoms with Crippen LogP contribution in [0.5, 0.6) is 0 Å². The van der Waals surface area contributed by atoms with Crippen molar-refractivity contribution in [1.29, 1.82) is 0 Å². The number of hydrogen-bond acceptors (Lipinski definition) is 4. The number of carbonyl (C=O) groups is 2. The van der Waals surface area contributed by atoms with E-state index < -0.39 is 0 Å². The lowest BCUT2D eigenvalue weighted by Crippen LogP contribution is -2.34. The van der Waals surface area contributed by atoms with Gasteiger partial charge in [-0.25, -0.2) is 4.99 Å². The Bertz CT molecular complexity index is 1130. The van der Waals surface area contributed by atoms with Crippen LogP contribution < -0.4 is 5.73 Å². The van der Waals surface area contributed by atoms with Gasteiger partial charge in [0.05, 0.1) is 5.69 Å². The lowest BCUT2D eigenvalue weighted by atomic mass is 9.98. The Morgan fingerprint density at radius 1 is 1.09 bits per heavy atom. The molecular weight excluding hydrogens is 400 g/mol. The normalized spacial score (nSPS) is 15.0. The van der Waals surface area contributed by atoms with Crippen LogP contribution in [0.15, 0.2) is 47.0 Å². The van der Waals surface area contributed by atoms with E-state index in [4.69, 9.17) is 5.73 Å². The van der Waals surface area contributed by atoms with Gasteiger partial charge >= 0.3 is 0 Å². The molecule has 2 amide bonds. The minimum absolute atomic E-state index is 0.0381. The first-order valence-electron chi connectivity index (χ1n) is 11.3. The Kier molecular flexibility index (Phi) is 6.12. The Labute approximate surface area is 189 Å². The maximum atomic E-state index is 13.2. The molecule has 2 aliphatic heterocycles. The monoisotopic (exact) mass is 430 g/mol. The molecular formula is C26H30N4O2. The van der Waals surface area contributed by atoms with Crippen molar-refractivity contribution in [2.75, 3.05) is 20.1 Å². The summed E-state index contributed by atoms with van der Waals surface area (Å²) in [5.74, 6) is 0.541. The van der Waals surface area contributed by atoms with Crippen molar-refractivity contribution >= 4 is 29.4 Å². The summed E-state index contributed by atoms with van der Waals surface area (Å²) in [5, 5.41) is 0.